The summed E-state index contributed by atoms with van der Waals surface area (Å²) >= 11 is 7.21. The van der Waals surface area contributed by atoms with Gasteiger partial charge in [0, 0.05) is 0 Å². The van der Waals surface area contributed by atoms with Crippen LogP contribution in [0.5, 0.6) is 0 Å². The lowest BCUT2D eigenvalue weighted by Crippen LogP contribution is -2.54. The van der Waals surface area contributed by atoms with Crippen LogP contribution in [-0.4, -0.2) is 16.9 Å². The first-order valence-electron chi connectivity index (χ1n) is 7.75. The molecule has 7 heteroatoms. The third-order valence-electron chi connectivity index (χ3n) is 3.72. The molecule has 1 aromatic heterocycles. The topological polar surface area (TPSA) is 62.6 Å². The summed E-state index contributed by atoms with van der Waals surface area (Å²) < 4.78 is 6.09. The Bertz CT molecular complexity index is 871. The molecule has 3 rings (SSSR count). The van der Waals surface area contributed by atoms with Gasteiger partial charge in [0.1, 0.15) is 11.3 Å². The van der Waals surface area contributed by atoms with Crippen LogP contribution in [0.1, 0.15) is 24.7 Å². The average molecular weight is 466 g/mol. The zero-order valence-corrected chi connectivity index (χ0v) is 16.4. The Morgan fingerprint density at radius 2 is 1.92 bits per heavy atom. The van der Waals surface area contributed by atoms with Gasteiger partial charge in [0.2, 0.25) is 0 Å². The lowest BCUT2D eigenvalue weighted by molar-refractivity contribution is -0.122. The maximum absolute atomic E-state index is 12.8. The zero-order valence-electron chi connectivity index (χ0n) is 13.4. The molecule has 0 saturated carbocycles. The number of hydrogen-bond donors (Lipinski definition) is 1. The first-order valence-corrected chi connectivity index (χ1v) is 9.24. The number of benzene rings is 1. The number of carbonyl (C=O) groups is 2. The van der Waals surface area contributed by atoms with E-state index in [0.717, 1.165) is 12.8 Å². The molecule has 2 aromatic rings. The number of nitrogens with one attached hydrogen (secondary N) is 1. The summed E-state index contributed by atoms with van der Waals surface area (Å²) in [7, 11) is 0. The van der Waals surface area contributed by atoms with Crippen LogP contribution in [0.25, 0.3) is 6.08 Å². The highest BCUT2D eigenvalue weighted by molar-refractivity contribution is 14.1. The molecule has 0 radical (unpaired) electrons. The second-order valence-corrected chi connectivity index (χ2v) is 6.97. The number of halogens is 1. The molecule has 1 aliphatic heterocycles. The number of hydrogen-bond acceptors (Lipinski definition) is 4. The fourth-order valence-corrected chi connectivity index (χ4v) is 3.26. The van der Waals surface area contributed by atoms with E-state index >= 15 is 0 Å². The second kappa shape index (κ2) is 7.49. The van der Waals surface area contributed by atoms with Crippen molar-refractivity contribution in [1.29, 1.82) is 0 Å². The highest BCUT2D eigenvalue weighted by Gasteiger charge is 2.34. The standard InChI is InChI=1S/C18H15IN2O3S/c1-2-3-11-4-6-12(7-5-11)21-17(23)14(16(22)20-18(21)25)10-13-8-9-15(19)24-13/h4-10H,2-3H2,1H3,(H,20,22,25)/b14-10+. The fourth-order valence-electron chi connectivity index (χ4n) is 2.54. The minimum atomic E-state index is -0.528. The predicted molar refractivity (Wildman–Crippen MR) is 108 cm³/mol. The molecule has 1 saturated heterocycles. The van der Waals surface area contributed by atoms with Crippen LogP contribution in [0.3, 0.4) is 0 Å². The number of aryl methyl sites for hydroxylation is 1. The minimum absolute atomic E-state index is 0.0167. The molecular formula is C18H15IN2O3S. The molecular weight excluding hydrogens is 451 g/mol. The number of carbonyl (C=O) groups excluding carboxylic acids is 2. The lowest BCUT2D eigenvalue weighted by Gasteiger charge is -2.28. The highest BCUT2D eigenvalue weighted by atomic mass is 127. The maximum atomic E-state index is 12.8. The van der Waals surface area contributed by atoms with E-state index in [1.54, 1.807) is 12.1 Å². The van der Waals surface area contributed by atoms with Crippen molar-refractivity contribution in [3.05, 3.63) is 57.1 Å². The van der Waals surface area contributed by atoms with Gasteiger partial charge in [-0.2, -0.15) is 0 Å². The van der Waals surface area contributed by atoms with Gasteiger partial charge in [-0.25, -0.2) is 0 Å². The number of rotatable bonds is 4. The number of thiocarbonyl (C=S) groups is 1. The molecule has 2 amide bonds. The van der Waals surface area contributed by atoms with Gasteiger partial charge in [-0.3, -0.25) is 19.8 Å². The van der Waals surface area contributed by atoms with Crippen molar-refractivity contribution in [1.82, 2.24) is 5.32 Å². The smallest absolute Gasteiger partial charge is 0.270 e. The van der Waals surface area contributed by atoms with Crippen LogP contribution in [0.4, 0.5) is 5.69 Å². The van der Waals surface area contributed by atoms with Crippen LogP contribution in [0.2, 0.25) is 0 Å². The first kappa shape index (κ1) is 17.8. The average Bonchev–Trinajstić information content (AvgIpc) is 2.98. The van der Waals surface area contributed by atoms with Gasteiger partial charge in [-0.05, 0) is 77.1 Å². The van der Waals surface area contributed by atoms with Crippen molar-refractivity contribution >= 4 is 63.5 Å². The van der Waals surface area contributed by atoms with E-state index in [1.165, 1.54) is 16.5 Å². The number of furan rings is 1. The lowest BCUT2D eigenvalue weighted by atomic mass is 10.1. The molecule has 128 valence electrons. The predicted octanol–water partition coefficient (Wildman–Crippen LogP) is 3.67. The van der Waals surface area contributed by atoms with Gasteiger partial charge in [0.15, 0.2) is 8.88 Å². The van der Waals surface area contributed by atoms with Gasteiger partial charge in [0.05, 0.1) is 5.69 Å². The van der Waals surface area contributed by atoms with Gasteiger partial charge in [-0.15, -0.1) is 0 Å². The monoisotopic (exact) mass is 466 g/mol. The van der Waals surface area contributed by atoms with Gasteiger partial charge < -0.3 is 4.42 Å². The van der Waals surface area contributed by atoms with Crippen LogP contribution in [0, 0.1) is 3.77 Å². The van der Waals surface area contributed by atoms with E-state index in [4.69, 9.17) is 16.6 Å². The van der Waals surface area contributed by atoms with E-state index in [1.807, 2.05) is 46.9 Å². The van der Waals surface area contributed by atoms with Crippen molar-refractivity contribution in [3.8, 4) is 0 Å². The van der Waals surface area contributed by atoms with Crippen molar-refractivity contribution in [2.45, 2.75) is 19.8 Å². The number of amides is 2. The minimum Gasteiger partial charge on any atom is -0.451 e. The Balaban J connectivity index is 1.93. The van der Waals surface area contributed by atoms with Crippen molar-refractivity contribution in [2.75, 3.05) is 4.90 Å². The van der Waals surface area contributed by atoms with Crippen LogP contribution < -0.4 is 10.2 Å². The largest absolute Gasteiger partial charge is 0.451 e. The summed E-state index contributed by atoms with van der Waals surface area (Å²) in [5.41, 5.74) is 1.79. The van der Waals surface area contributed by atoms with E-state index in [2.05, 4.69) is 12.2 Å². The van der Waals surface area contributed by atoms with E-state index in [9.17, 15) is 9.59 Å². The van der Waals surface area contributed by atoms with Crippen LogP contribution >= 0.6 is 34.8 Å². The summed E-state index contributed by atoms with van der Waals surface area (Å²) in [6.07, 6.45) is 3.45. The maximum Gasteiger partial charge on any atom is 0.270 e. The molecule has 1 aliphatic rings. The van der Waals surface area contributed by atoms with Gasteiger partial charge in [-0.1, -0.05) is 25.5 Å². The molecule has 25 heavy (non-hydrogen) atoms. The van der Waals surface area contributed by atoms with Gasteiger partial charge in [0.25, 0.3) is 11.8 Å². The Hall–Kier alpha value is -2.00. The summed E-state index contributed by atoms with van der Waals surface area (Å²) in [6, 6.07) is 11.0. The molecule has 5 nitrogen and oxygen atoms in total. The highest BCUT2D eigenvalue weighted by Crippen LogP contribution is 2.23. The summed E-state index contributed by atoms with van der Waals surface area (Å²) in [4.78, 5) is 26.3. The second-order valence-electron chi connectivity index (χ2n) is 5.52. The number of nitrogens with zero attached hydrogens (tertiary/aromatic N) is 1. The summed E-state index contributed by atoms with van der Waals surface area (Å²) in [5, 5.41) is 2.63. The van der Waals surface area contributed by atoms with E-state index < -0.39 is 11.8 Å². The summed E-state index contributed by atoms with van der Waals surface area (Å²) in [5.74, 6) is -0.558. The molecule has 2 heterocycles. The SMILES string of the molecule is CCCc1ccc(N2C(=O)/C(=C/c3ccc(I)o3)C(=O)NC2=S)cc1. The third kappa shape index (κ3) is 3.82. The van der Waals surface area contributed by atoms with Crippen molar-refractivity contribution < 1.29 is 14.0 Å². The molecule has 1 fully saturated rings. The summed E-state index contributed by atoms with van der Waals surface area (Å²) in [6.45, 7) is 2.11. The quantitative estimate of drug-likeness (QED) is 0.324. The molecule has 0 aliphatic carbocycles. The van der Waals surface area contributed by atoms with Crippen molar-refractivity contribution in [2.24, 2.45) is 0 Å². The third-order valence-corrected chi connectivity index (χ3v) is 4.58. The normalized spacial score (nSPS) is 16.5. The molecule has 0 atom stereocenters. The Labute approximate surface area is 164 Å². The molecule has 0 bridgehead atoms. The molecule has 0 spiro atoms. The molecule has 0 unspecified atom stereocenters. The van der Waals surface area contributed by atoms with Crippen LogP contribution in [-0.2, 0) is 16.0 Å². The van der Waals surface area contributed by atoms with E-state index in [-0.39, 0.29) is 10.7 Å². The number of anilines is 1. The van der Waals surface area contributed by atoms with E-state index in [0.29, 0.717) is 15.2 Å². The van der Waals surface area contributed by atoms with Crippen molar-refractivity contribution in [3.63, 3.8) is 0 Å². The first-order chi connectivity index (χ1) is 12.0. The fraction of sp³-hybridized carbons (Fsp3) is 0.167. The molecule has 1 aromatic carbocycles. The Morgan fingerprint density at radius 1 is 1.20 bits per heavy atom. The van der Waals surface area contributed by atoms with Gasteiger partial charge >= 0.3 is 0 Å². The Morgan fingerprint density at radius 3 is 2.52 bits per heavy atom. The van der Waals surface area contributed by atoms with Crippen LogP contribution in [0.15, 0.2) is 46.4 Å². The molecule has 1 N–H and O–H groups in total. The Kier molecular flexibility index (Phi) is 5.33. The zero-order chi connectivity index (χ0) is 18.0.